The van der Waals surface area contributed by atoms with Gasteiger partial charge in [0.1, 0.15) is 5.75 Å². The lowest BCUT2D eigenvalue weighted by Gasteiger charge is -2.31. The third-order valence-electron chi connectivity index (χ3n) is 4.72. The van der Waals surface area contributed by atoms with Crippen LogP contribution in [-0.4, -0.2) is 48.5 Å². The molecule has 2 aromatic rings. The molecule has 2 aliphatic heterocycles. The largest absolute Gasteiger partial charge is 0.482 e. The molecular formula is C19H20N4O5. The van der Waals surface area contributed by atoms with Crippen LogP contribution < -0.4 is 20.7 Å². The van der Waals surface area contributed by atoms with Crippen molar-refractivity contribution in [3.05, 3.63) is 42.4 Å². The molecule has 4 rings (SSSR count). The first-order valence-electron chi connectivity index (χ1n) is 9.05. The van der Waals surface area contributed by atoms with E-state index in [9.17, 15) is 14.4 Å². The molecule has 3 heterocycles. The summed E-state index contributed by atoms with van der Waals surface area (Å²) in [4.78, 5) is 37.6. The van der Waals surface area contributed by atoms with Gasteiger partial charge in [-0.2, -0.15) is 0 Å². The van der Waals surface area contributed by atoms with Gasteiger partial charge in [0, 0.05) is 30.9 Å². The molecule has 0 atom stereocenters. The Morgan fingerprint density at radius 3 is 2.75 bits per heavy atom. The molecule has 9 nitrogen and oxygen atoms in total. The molecule has 1 fully saturated rings. The number of hydrogen-bond acceptors (Lipinski definition) is 5. The van der Waals surface area contributed by atoms with Crippen LogP contribution in [0, 0.1) is 0 Å². The number of ether oxygens (including phenoxy) is 1. The molecule has 3 N–H and O–H groups in total. The number of carbonyl (C=O) groups is 3. The summed E-state index contributed by atoms with van der Waals surface area (Å²) in [6.07, 6.45) is 2.81. The van der Waals surface area contributed by atoms with Gasteiger partial charge in [0.2, 0.25) is 0 Å². The number of nitrogens with zero attached hydrogens (tertiary/aromatic N) is 1. The molecule has 0 aliphatic carbocycles. The van der Waals surface area contributed by atoms with Crippen molar-refractivity contribution in [2.45, 2.75) is 18.9 Å². The monoisotopic (exact) mass is 384 g/mol. The van der Waals surface area contributed by atoms with E-state index in [0.29, 0.717) is 48.8 Å². The molecule has 0 unspecified atom stereocenters. The Balaban J connectivity index is 1.27. The van der Waals surface area contributed by atoms with Gasteiger partial charge >= 0.3 is 6.03 Å². The Hall–Kier alpha value is -3.49. The molecule has 1 saturated heterocycles. The highest BCUT2D eigenvalue weighted by molar-refractivity contribution is 5.96. The highest BCUT2D eigenvalue weighted by Gasteiger charge is 2.26. The first-order valence-corrected chi connectivity index (χ1v) is 9.05. The number of benzene rings is 1. The summed E-state index contributed by atoms with van der Waals surface area (Å²) in [5, 5.41) is 8.39. The zero-order valence-corrected chi connectivity index (χ0v) is 15.1. The minimum Gasteiger partial charge on any atom is -0.482 e. The number of carbonyl (C=O) groups excluding carboxylic acids is 3. The van der Waals surface area contributed by atoms with Crippen LogP contribution in [0.4, 0.5) is 16.2 Å². The van der Waals surface area contributed by atoms with E-state index < -0.39 is 0 Å². The summed E-state index contributed by atoms with van der Waals surface area (Å²) in [5.74, 6) is 0.508. The molecule has 0 spiro atoms. The minimum atomic E-state index is -0.324. The average molecular weight is 384 g/mol. The standard InChI is InChI=1S/C19H20N4O5/c24-17-11-28-16-10-13(3-4-14(16)22-17)21-19(26)20-12-5-7-23(8-6-12)18(25)15-2-1-9-27-15/h1-4,9-10,12H,5-8,11H2,(H,22,24)(H2,20,21,26). The molecule has 1 aromatic carbocycles. The van der Waals surface area contributed by atoms with Crippen molar-refractivity contribution in [1.29, 1.82) is 0 Å². The molecule has 1 aromatic heterocycles. The Labute approximate surface area is 161 Å². The van der Waals surface area contributed by atoms with Crippen LogP contribution in [0.3, 0.4) is 0 Å². The number of fused-ring (bicyclic) bond motifs is 1. The molecule has 0 bridgehead atoms. The number of likely N-dealkylation sites (tertiary alicyclic amines) is 1. The summed E-state index contributed by atoms with van der Waals surface area (Å²) in [6, 6.07) is 8.03. The summed E-state index contributed by atoms with van der Waals surface area (Å²) < 4.78 is 10.5. The summed E-state index contributed by atoms with van der Waals surface area (Å²) in [5.41, 5.74) is 1.15. The number of amides is 4. The van der Waals surface area contributed by atoms with Crippen molar-refractivity contribution < 1.29 is 23.5 Å². The Morgan fingerprint density at radius 2 is 2.00 bits per heavy atom. The average Bonchev–Trinajstić information content (AvgIpc) is 3.23. The molecule has 0 radical (unpaired) electrons. The van der Waals surface area contributed by atoms with Gasteiger partial charge in [0.15, 0.2) is 12.4 Å². The summed E-state index contributed by atoms with van der Waals surface area (Å²) in [7, 11) is 0. The predicted molar refractivity (Wildman–Crippen MR) is 100 cm³/mol. The fourth-order valence-corrected chi connectivity index (χ4v) is 3.29. The normalized spacial score (nSPS) is 16.6. The molecule has 28 heavy (non-hydrogen) atoms. The van der Waals surface area contributed by atoms with E-state index in [4.69, 9.17) is 9.15 Å². The number of piperidine rings is 1. The number of furan rings is 1. The van der Waals surface area contributed by atoms with Gasteiger partial charge in [-0.1, -0.05) is 0 Å². The maximum absolute atomic E-state index is 12.3. The Bertz CT molecular complexity index is 888. The summed E-state index contributed by atoms with van der Waals surface area (Å²) >= 11 is 0. The first kappa shape index (κ1) is 17.9. The highest BCUT2D eigenvalue weighted by Crippen LogP contribution is 2.30. The van der Waals surface area contributed by atoms with E-state index in [2.05, 4.69) is 16.0 Å². The highest BCUT2D eigenvalue weighted by atomic mass is 16.5. The van der Waals surface area contributed by atoms with Crippen LogP contribution in [0.2, 0.25) is 0 Å². The quantitative estimate of drug-likeness (QED) is 0.750. The van der Waals surface area contributed by atoms with E-state index in [1.807, 2.05) is 0 Å². The number of urea groups is 1. The molecular weight excluding hydrogens is 364 g/mol. The second kappa shape index (κ2) is 7.63. The van der Waals surface area contributed by atoms with Gasteiger partial charge in [0.25, 0.3) is 11.8 Å². The molecule has 2 aliphatic rings. The lowest BCUT2D eigenvalue weighted by molar-refractivity contribution is -0.118. The van der Waals surface area contributed by atoms with Crippen molar-refractivity contribution in [3.8, 4) is 5.75 Å². The van der Waals surface area contributed by atoms with E-state index in [1.165, 1.54) is 6.26 Å². The number of anilines is 2. The smallest absolute Gasteiger partial charge is 0.319 e. The molecule has 4 amide bonds. The fraction of sp³-hybridized carbons (Fsp3) is 0.316. The predicted octanol–water partition coefficient (Wildman–Crippen LogP) is 2.04. The van der Waals surface area contributed by atoms with Gasteiger partial charge < -0.3 is 30.0 Å². The Morgan fingerprint density at radius 1 is 1.18 bits per heavy atom. The molecule has 146 valence electrons. The van der Waals surface area contributed by atoms with Crippen molar-refractivity contribution in [2.24, 2.45) is 0 Å². The number of rotatable bonds is 3. The second-order valence-electron chi connectivity index (χ2n) is 6.69. The van der Waals surface area contributed by atoms with Crippen molar-refractivity contribution >= 4 is 29.2 Å². The Kier molecular flexibility index (Phi) is 4.88. The van der Waals surface area contributed by atoms with Gasteiger partial charge in [-0.05, 0) is 37.1 Å². The maximum atomic E-state index is 12.3. The first-order chi connectivity index (χ1) is 13.6. The van der Waals surface area contributed by atoms with Gasteiger partial charge in [0.05, 0.1) is 12.0 Å². The summed E-state index contributed by atoms with van der Waals surface area (Å²) in [6.45, 7) is 1.06. The zero-order chi connectivity index (χ0) is 19.5. The van der Waals surface area contributed by atoms with E-state index >= 15 is 0 Å². The van der Waals surface area contributed by atoms with Crippen molar-refractivity contribution in [1.82, 2.24) is 10.2 Å². The van der Waals surface area contributed by atoms with E-state index in [-0.39, 0.29) is 30.5 Å². The maximum Gasteiger partial charge on any atom is 0.319 e. The van der Waals surface area contributed by atoms with Crippen molar-refractivity contribution in [3.63, 3.8) is 0 Å². The van der Waals surface area contributed by atoms with E-state index in [1.54, 1.807) is 35.2 Å². The third kappa shape index (κ3) is 3.93. The number of hydrogen-bond donors (Lipinski definition) is 3. The van der Waals surface area contributed by atoms with Gasteiger partial charge in [-0.15, -0.1) is 0 Å². The van der Waals surface area contributed by atoms with Crippen LogP contribution in [0.25, 0.3) is 0 Å². The SMILES string of the molecule is O=C1COc2cc(NC(=O)NC3CCN(C(=O)c4ccco4)CC3)ccc2N1. The number of nitrogens with one attached hydrogen (secondary N) is 3. The zero-order valence-electron chi connectivity index (χ0n) is 15.1. The third-order valence-corrected chi connectivity index (χ3v) is 4.72. The van der Waals surface area contributed by atoms with Crippen LogP contribution in [-0.2, 0) is 4.79 Å². The van der Waals surface area contributed by atoms with Crippen LogP contribution >= 0.6 is 0 Å². The van der Waals surface area contributed by atoms with Crippen molar-refractivity contribution in [2.75, 3.05) is 30.3 Å². The molecule has 9 heteroatoms. The molecule has 0 saturated carbocycles. The van der Waals surface area contributed by atoms with Crippen LogP contribution in [0.1, 0.15) is 23.4 Å². The van der Waals surface area contributed by atoms with Gasteiger partial charge in [-0.25, -0.2) is 4.79 Å². The lowest BCUT2D eigenvalue weighted by atomic mass is 10.0. The van der Waals surface area contributed by atoms with Crippen LogP contribution in [0.15, 0.2) is 41.0 Å². The minimum absolute atomic E-state index is 0.0196. The topological polar surface area (TPSA) is 113 Å². The van der Waals surface area contributed by atoms with E-state index in [0.717, 1.165) is 0 Å². The van der Waals surface area contributed by atoms with Gasteiger partial charge in [-0.3, -0.25) is 9.59 Å². The lowest BCUT2D eigenvalue weighted by Crippen LogP contribution is -2.47. The van der Waals surface area contributed by atoms with Crippen LogP contribution in [0.5, 0.6) is 5.75 Å². The fourth-order valence-electron chi connectivity index (χ4n) is 3.29. The second-order valence-corrected chi connectivity index (χ2v) is 6.69.